The second kappa shape index (κ2) is 9.86. The number of benzene rings is 1. The van der Waals surface area contributed by atoms with E-state index in [1.807, 2.05) is 6.92 Å². The number of aryl methyl sites for hydroxylation is 1. The van der Waals surface area contributed by atoms with Gasteiger partial charge in [0.2, 0.25) is 0 Å². The van der Waals surface area contributed by atoms with Gasteiger partial charge in [-0.1, -0.05) is 36.4 Å². The Balaban J connectivity index is 1.67. The largest absolute Gasteiger partial charge is 0.466 e. The van der Waals surface area contributed by atoms with Gasteiger partial charge in [0.1, 0.15) is 0 Å². The maximum absolute atomic E-state index is 12.0. The molecule has 3 rings (SSSR count). The summed E-state index contributed by atoms with van der Waals surface area (Å²) in [5, 5.41) is 2.16. The minimum Gasteiger partial charge on any atom is -0.466 e. The Morgan fingerprint density at radius 1 is 1.30 bits per heavy atom. The van der Waals surface area contributed by atoms with E-state index in [4.69, 9.17) is 4.74 Å². The summed E-state index contributed by atoms with van der Waals surface area (Å²) in [6, 6.07) is 12.8. The third kappa shape index (κ3) is 5.30. The first kappa shape index (κ1) is 19.8. The molecule has 1 aliphatic heterocycles. The van der Waals surface area contributed by atoms with Gasteiger partial charge in [0.25, 0.3) is 0 Å². The van der Waals surface area contributed by atoms with Gasteiger partial charge in [-0.25, -0.2) is 0 Å². The van der Waals surface area contributed by atoms with Crippen molar-refractivity contribution in [2.75, 3.05) is 26.2 Å². The van der Waals surface area contributed by atoms with Gasteiger partial charge in [-0.3, -0.25) is 4.79 Å². The van der Waals surface area contributed by atoms with E-state index in [1.54, 1.807) is 11.3 Å². The number of ether oxygens (including phenoxy) is 1. The van der Waals surface area contributed by atoms with Gasteiger partial charge in [-0.05, 0) is 67.8 Å². The molecule has 1 aliphatic rings. The van der Waals surface area contributed by atoms with Crippen LogP contribution in [-0.2, 0) is 9.53 Å². The summed E-state index contributed by atoms with van der Waals surface area (Å²) in [6.07, 6.45) is 5.37. The van der Waals surface area contributed by atoms with Gasteiger partial charge in [-0.2, -0.15) is 0 Å². The maximum atomic E-state index is 12.0. The first-order chi connectivity index (χ1) is 13.2. The zero-order chi connectivity index (χ0) is 19.1. The molecule has 3 nitrogen and oxygen atoms in total. The van der Waals surface area contributed by atoms with E-state index in [1.165, 1.54) is 21.6 Å². The predicted molar refractivity (Wildman–Crippen MR) is 113 cm³/mol. The molecule has 0 aliphatic carbocycles. The molecule has 1 aromatic heterocycles. The molecule has 1 unspecified atom stereocenters. The Morgan fingerprint density at radius 2 is 2.11 bits per heavy atom. The van der Waals surface area contributed by atoms with E-state index in [0.29, 0.717) is 6.61 Å². The molecule has 27 heavy (non-hydrogen) atoms. The standard InChI is InChI=1S/C23H29NO2S/c1-3-26-23(25)20-11-7-14-24(17-20)15-8-12-21(19-9-5-4-6-10-19)22-18(2)13-16-27-22/h4-6,9-10,12-13,16,20H,3,7-8,11,14-15,17H2,1-2H3. The van der Waals surface area contributed by atoms with E-state index >= 15 is 0 Å². The zero-order valence-electron chi connectivity index (χ0n) is 16.3. The van der Waals surface area contributed by atoms with Crippen LogP contribution in [0.15, 0.2) is 47.9 Å². The fourth-order valence-electron chi connectivity index (χ4n) is 3.71. The van der Waals surface area contributed by atoms with Gasteiger partial charge < -0.3 is 9.64 Å². The summed E-state index contributed by atoms with van der Waals surface area (Å²) in [4.78, 5) is 15.8. The van der Waals surface area contributed by atoms with Crippen LogP contribution < -0.4 is 0 Å². The van der Waals surface area contributed by atoms with Gasteiger partial charge >= 0.3 is 5.97 Å². The number of likely N-dealkylation sites (tertiary alicyclic amines) is 1. The quantitative estimate of drug-likeness (QED) is 0.619. The Hall–Kier alpha value is -1.91. The highest BCUT2D eigenvalue weighted by molar-refractivity contribution is 7.11. The molecule has 1 aromatic carbocycles. The van der Waals surface area contributed by atoms with Crippen molar-refractivity contribution in [3.63, 3.8) is 0 Å². The van der Waals surface area contributed by atoms with Gasteiger partial charge in [0.15, 0.2) is 0 Å². The van der Waals surface area contributed by atoms with E-state index in [-0.39, 0.29) is 11.9 Å². The Kier molecular flexibility index (Phi) is 7.25. The molecule has 2 aromatic rings. The monoisotopic (exact) mass is 383 g/mol. The summed E-state index contributed by atoms with van der Waals surface area (Å²) in [7, 11) is 0. The topological polar surface area (TPSA) is 29.5 Å². The normalized spacial score (nSPS) is 18.4. The second-order valence-corrected chi connectivity index (χ2v) is 8.01. The number of esters is 1. The molecular weight excluding hydrogens is 354 g/mol. The lowest BCUT2D eigenvalue weighted by Gasteiger charge is -2.31. The van der Waals surface area contributed by atoms with Crippen LogP contribution in [0.25, 0.3) is 5.57 Å². The molecule has 144 valence electrons. The number of rotatable bonds is 7. The van der Waals surface area contributed by atoms with Crippen molar-refractivity contribution in [2.24, 2.45) is 5.92 Å². The zero-order valence-corrected chi connectivity index (χ0v) is 17.1. The van der Waals surface area contributed by atoms with E-state index in [0.717, 1.165) is 38.9 Å². The van der Waals surface area contributed by atoms with Crippen molar-refractivity contribution in [1.29, 1.82) is 0 Å². The molecule has 1 atom stereocenters. The van der Waals surface area contributed by atoms with Crippen molar-refractivity contribution < 1.29 is 9.53 Å². The molecule has 4 heteroatoms. The number of carbonyl (C=O) groups excluding carboxylic acids is 1. The lowest BCUT2D eigenvalue weighted by atomic mass is 9.97. The summed E-state index contributed by atoms with van der Waals surface area (Å²) in [5.74, 6) is 0.00717. The highest BCUT2D eigenvalue weighted by atomic mass is 32.1. The maximum Gasteiger partial charge on any atom is 0.310 e. The van der Waals surface area contributed by atoms with Crippen LogP contribution in [0.5, 0.6) is 0 Å². The highest BCUT2D eigenvalue weighted by Gasteiger charge is 2.26. The average Bonchev–Trinajstić information content (AvgIpc) is 3.12. The fraction of sp³-hybridized carbons (Fsp3) is 0.435. The number of carbonyl (C=O) groups is 1. The molecule has 0 spiro atoms. The molecule has 1 saturated heterocycles. The van der Waals surface area contributed by atoms with E-state index < -0.39 is 0 Å². The third-order valence-corrected chi connectivity index (χ3v) is 6.16. The number of hydrogen-bond donors (Lipinski definition) is 0. The summed E-state index contributed by atoms with van der Waals surface area (Å²) in [6.45, 7) is 7.40. The van der Waals surface area contributed by atoms with Crippen LogP contribution in [0.4, 0.5) is 0 Å². The smallest absolute Gasteiger partial charge is 0.310 e. The number of nitrogens with zero attached hydrogens (tertiary/aromatic N) is 1. The van der Waals surface area contributed by atoms with Crippen molar-refractivity contribution in [2.45, 2.75) is 33.1 Å². The van der Waals surface area contributed by atoms with Crippen LogP contribution >= 0.6 is 11.3 Å². The first-order valence-electron chi connectivity index (χ1n) is 9.88. The lowest BCUT2D eigenvalue weighted by molar-refractivity contribution is -0.149. The first-order valence-corrected chi connectivity index (χ1v) is 10.8. The Labute approximate surface area is 166 Å². The third-order valence-electron chi connectivity index (χ3n) is 5.11. The fourth-order valence-corrected chi connectivity index (χ4v) is 4.70. The molecule has 0 saturated carbocycles. The van der Waals surface area contributed by atoms with E-state index in [9.17, 15) is 4.79 Å². The molecule has 0 bridgehead atoms. The molecular formula is C23H29NO2S. The summed E-state index contributed by atoms with van der Waals surface area (Å²) >= 11 is 1.81. The number of piperidine rings is 1. The van der Waals surface area contributed by atoms with Gasteiger partial charge in [0, 0.05) is 18.0 Å². The van der Waals surface area contributed by atoms with Crippen LogP contribution in [0.1, 0.15) is 42.2 Å². The average molecular weight is 384 g/mol. The van der Waals surface area contributed by atoms with Crippen molar-refractivity contribution in [1.82, 2.24) is 4.90 Å². The number of hydrogen-bond acceptors (Lipinski definition) is 4. The molecule has 2 heterocycles. The van der Waals surface area contributed by atoms with Gasteiger partial charge in [0.05, 0.1) is 12.5 Å². The van der Waals surface area contributed by atoms with E-state index in [2.05, 4.69) is 59.7 Å². The molecule has 0 radical (unpaired) electrons. The van der Waals surface area contributed by atoms with Crippen molar-refractivity contribution >= 4 is 22.9 Å². The van der Waals surface area contributed by atoms with Crippen LogP contribution in [-0.4, -0.2) is 37.1 Å². The van der Waals surface area contributed by atoms with Crippen LogP contribution in [0, 0.1) is 12.8 Å². The minimum atomic E-state index is -0.0306. The van der Waals surface area contributed by atoms with Gasteiger partial charge in [-0.15, -0.1) is 11.3 Å². The van der Waals surface area contributed by atoms with Crippen LogP contribution in [0.2, 0.25) is 0 Å². The molecule has 0 N–H and O–H groups in total. The van der Waals surface area contributed by atoms with Crippen molar-refractivity contribution in [3.8, 4) is 0 Å². The van der Waals surface area contributed by atoms with Crippen LogP contribution in [0.3, 0.4) is 0 Å². The Bertz CT molecular complexity index is 766. The lowest BCUT2D eigenvalue weighted by Crippen LogP contribution is -2.39. The highest BCUT2D eigenvalue weighted by Crippen LogP contribution is 2.31. The summed E-state index contributed by atoms with van der Waals surface area (Å²) in [5.41, 5.74) is 3.92. The van der Waals surface area contributed by atoms with Crippen molar-refractivity contribution in [3.05, 3.63) is 63.9 Å². The second-order valence-electron chi connectivity index (χ2n) is 7.10. The molecule has 0 amide bonds. The predicted octanol–water partition coefficient (Wildman–Crippen LogP) is 5.15. The minimum absolute atomic E-state index is 0.0306. The number of thiophene rings is 1. The summed E-state index contributed by atoms with van der Waals surface area (Å²) < 4.78 is 5.22. The SMILES string of the molecule is CCOC(=O)C1CCCN(CCC=C(c2ccccc2)c2sccc2C)C1. The Morgan fingerprint density at radius 3 is 2.81 bits per heavy atom. The molecule has 1 fully saturated rings.